The van der Waals surface area contributed by atoms with Crippen LogP contribution >= 0.6 is 24.8 Å². The zero-order valence-corrected chi connectivity index (χ0v) is 17.3. The molecule has 0 bridgehead atoms. The Bertz CT molecular complexity index is 395. The van der Waals surface area contributed by atoms with Gasteiger partial charge < -0.3 is 20.0 Å². The van der Waals surface area contributed by atoms with Crippen molar-refractivity contribution in [2.45, 2.75) is 38.5 Å². The summed E-state index contributed by atoms with van der Waals surface area (Å²) in [6.07, 6.45) is 6.97. The van der Waals surface area contributed by atoms with E-state index in [0.29, 0.717) is 17.7 Å². The number of amides is 1. The van der Waals surface area contributed by atoms with Gasteiger partial charge in [-0.05, 0) is 70.7 Å². The molecule has 3 aliphatic rings. The molecule has 148 valence electrons. The second kappa shape index (κ2) is 10.9. The molecule has 1 amide bonds. The van der Waals surface area contributed by atoms with Crippen molar-refractivity contribution in [3.63, 3.8) is 0 Å². The van der Waals surface area contributed by atoms with E-state index in [1.807, 2.05) is 0 Å². The lowest BCUT2D eigenvalue weighted by molar-refractivity contribution is -0.134. The second-order valence-electron chi connectivity index (χ2n) is 7.88. The maximum absolute atomic E-state index is 12.5. The highest BCUT2D eigenvalue weighted by Gasteiger charge is 2.36. The van der Waals surface area contributed by atoms with Crippen LogP contribution in [0.15, 0.2) is 0 Å². The molecular weight excluding hydrogens is 359 g/mol. The van der Waals surface area contributed by atoms with E-state index in [0.717, 1.165) is 52.4 Å². The van der Waals surface area contributed by atoms with Crippen LogP contribution in [0.3, 0.4) is 0 Å². The van der Waals surface area contributed by atoms with Gasteiger partial charge in [0.2, 0.25) is 5.91 Å². The lowest BCUT2D eigenvalue weighted by Gasteiger charge is -2.44. The van der Waals surface area contributed by atoms with Crippen molar-refractivity contribution in [2.75, 3.05) is 66.0 Å². The Morgan fingerprint density at radius 1 is 0.920 bits per heavy atom. The lowest BCUT2D eigenvalue weighted by atomic mass is 9.71. The Kier molecular flexibility index (Phi) is 10.0. The van der Waals surface area contributed by atoms with E-state index >= 15 is 0 Å². The van der Waals surface area contributed by atoms with Gasteiger partial charge in [0.05, 0.1) is 0 Å². The highest BCUT2D eigenvalue weighted by molar-refractivity contribution is 5.85. The lowest BCUT2D eigenvalue weighted by Crippen LogP contribution is -2.47. The molecule has 0 aromatic heterocycles. The van der Waals surface area contributed by atoms with E-state index in [9.17, 15) is 4.79 Å². The Labute approximate surface area is 165 Å². The Morgan fingerprint density at radius 3 is 2.28 bits per heavy atom. The molecular formula is C18H36Cl2N4O. The molecule has 0 aliphatic carbocycles. The SMILES string of the molecule is CN1CCCN(CCC(=O)N2CCC3(CCNCC3)CC2)CC1.Cl.Cl. The average Bonchev–Trinajstić information content (AvgIpc) is 2.78. The van der Waals surface area contributed by atoms with Crippen LogP contribution in [-0.2, 0) is 4.79 Å². The van der Waals surface area contributed by atoms with Crippen LogP contribution in [0.1, 0.15) is 38.5 Å². The van der Waals surface area contributed by atoms with Gasteiger partial charge in [0.1, 0.15) is 0 Å². The molecule has 3 rings (SSSR count). The summed E-state index contributed by atoms with van der Waals surface area (Å²) < 4.78 is 0. The minimum Gasteiger partial charge on any atom is -0.343 e. The molecule has 3 fully saturated rings. The van der Waals surface area contributed by atoms with E-state index in [1.165, 1.54) is 38.6 Å². The monoisotopic (exact) mass is 394 g/mol. The zero-order valence-electron chi connectivity index (χ0n) is 15.7. The van der Waals surface area contributed by atoms with Crippen LogP contribution in [0.2, 0.25) is 0 Å². The van der Waals surface area contributed by atoms with Gasteiger partial charge in [0, 0.05) is 39.1 Å². The number of carbonyl (C=O) groups excluding carboxylic acids is 1. The van der Waals surface area contributed by atoms with Gasteiger partial charge >= 0.3 is 0 Å². The van der Waals surface area contributed by atoms with Crippen LogP contribution in [0.4, 0.5) is 0 Å². The van der Waals surface area contributed by atoms with Crippen molar-refractivity contribution in [3.8, 4) is 0 Å². The molecule has 3 saturated heterocycles. The zero-order chi connectivity index (χ0) is 16.1. The number of rotatable bonds is 3. The average molecular weight is 395 g/mol. The van der Waals surface area contributed by atoms with Crippen molar-refractivity contribution < 1.29 is 4.79 Å². The predicted octanol–water partition coefficient (Wildman–Crippen LogP) is 1.85. The summed E-state index contributed by atoms with van der Waals surface area (Å²) in [5.41, 5.74) is 0.539. The minimum atomic E-state index is 0. The summed E-state index contributed by atoms with van der Waals surface area (Å²) in [6, 6.07) is 0. The van der Waals surface area contributed by atoms with Gasteiger partial charge in [0.15, 0.2) is 0 Å². The number of nitrogens with one attached hydrogen (secondary N) is 1. The fraction of sp³-hybridized carbons (Fsp3) is 0.944. The summed E-state index contributed by atoms with van der Waals surface area (Å²) >= 11 is 0. The molecule has 0 atom stereocenters. The second-order valence-corrected chi connectivity index (χ2v) is 7.88. The van der Waals surface area contributed by atoms with Crippen molar-refractivity contribution in [3.05, 3.63) is 0 Å². The standard InChI is InChI=1S/C18H34N4O.2ClH/c1-20-10-2-11-21(16-15-20)12-3-17(23)22-13-6-18(7-14-22)4-8-19-9-5-18;;/h19H,2-16H2,1H3;2*1H. The Morgan fingerprint density at radius 2 is 1.60 bits per heavy atom. The molecule has 0 unspecified atom stereocenters. The fourth-order valence-electron chi connectivity index (χ4n) is 4.42. The molecule has 1 spiro atoms. The van der Waals surface area contributed by atoms with E-state index in [2.05, 4.69) is 27.1 Å². The number of likely N-dealkylation sites (N-methyl/N-ethyl adjacent to an activating group) is 1. The maximum Gasteiger partial charge on any atom is 0.223 e. The van der Waals surface area contributed by atoms with E-state index in [-0.39, 0.29) is 24.8 Å². The molecule has 0 radical (unpaired) electrons. The van der Waals surface area contributed by atoms with Crippen molar-refractivity contribution in [1.29, 1.82) is 0 Å². The number of hydrogen-bond donors (Lipinski definition) is 1. The van der Waals surface area contributed by atoms with Crippen LogP contribution in [0.5, 0.6) is 0 Å². The first-order chi connectivity index (χ1) is 11.2. The number of carbonyl (C=O) groups is 1. The molecule has 0 aromatic carbocycles. The van der Waals surface area contributed by atoms with Gasteiger partial charge in [-0.2, -0.15) is 0 Å². The van der Waals surface area contributed by atoms with Crippen LogP contribution in [-0.4, -0.2) is 86.6 Å². The third-order valence-electron chi connectivity index (χ3n) is 6.30. The number of halogens is 2. The molecule has 25 heavy (non-hydrogen) atoms. The quantitative estimate of drug-likeness (QED) is 0.792. The van der Waals surface area contributed by atoms with Crippen LogP contribution < -0.4 is 5.32 Å². The number of piperidine rings is 2. The highest BCUT2D eigenvalue weighted by Crippen LogP contribution is 2.39. The first-order valence-electron chi connectivity index (χ1n) is 9.56. The largest absolute Gasteiger partial charge is 0.343 e. The number of nitrogens with zero attached hydrogens (tertiary/aromatic N) is 3. The van der Waals surface area contributed by atoms with Crippen molar-refractivity contribution >= 4 is 30.7 Å². The van der Waals surface area contributed by atoms with Gasteiger partial charge in [-0.25, -0.2) is 0 Å². The van der Waals surface area contributed by atoms with Crippen LogP contribution in [0.25, 0.3) is 0 Å². The molecule has 3 aliphatic heterocycles. The smallest absolute Gasteiger partial charge is 0.223 e. The van der Waals surface area contributed by atoms with Crippen LogP contribution in [0, 0.1) is 5.41 Å². The highest BCUT2D eigenvalue weighted by atomic mass is 35.5. The van der Waals surface area contributed by atoms with Gasteiger partial charge in [-0.15, -0.1) is 24.8 Å². The van der Waals surface area contributed by atoms with Crippen molar-refractivity contribution in [1.82, 2.24) is 20.0 Å². The number of hydrogen-bond acceptors (Lipinski definition) is 4. The first-order valence-corrected chi connectivity index (χ1v) is 9.56. The van der Waals surface area contributed by atoms with Gasteiger partial charge in [0.25, 0.3) is 0 Å². The first kappa shape index (κ1) is 23.0. The summed E-state index contributed by atoms with van der Waals surface area (Å²) in [4.78, 5) is 19.5. The molecule has 5 nitrogen and oxygen atoms in total. The third kappa shape index (κ3) is 6.55. The van der Waals surface area contributed by atoms with Crippen molar-refractivity contribution in [2.24, 2.45) is 5.41 Å². The molecule has 3 heterocycles. The fourth-order valence-corrected chi connectivity index (χ4v) is 4.42. The minimum absolute atomic E-state index is 0. The van der Waals surface area contributed by atoms with Gasteiger partial charge in [-0.3, -0.25) is 4.79 Å². The maximum atomic E-state index is 12.5. The van der Waals surface area contributed by atoms with E-state index in [1.54, 1.807) is 0 Å². The van der Waals surface area contributed by atoms with E-state index < -0.39 is 0 Å². The molecule has 0 aromatic rings. The summed E-state index contributed by atoms with van der Waals surface area (Å²) in [7, 11) is 2.19. The normalized spacial score (nSPS) is 24.9. The Hall–Kier alpha value is -0.0700. The Balaban J connectivity index is 0.00000156. The molecule has 1 N–H and O–H groups in total. The van der Waals surface area contributed by atoms with E-state index in [4.69, 9.17) is 0 Å². The third-order valence-corrected chi connectivity index (χ3v) is 6.30. The summed E-state index contributed by atoms with van der Waals surface area (Å²) in [5, 5.41) is 3.47. The summed E-state index contributed by atoms with van der Waals surface area (Å²) in [5.74, 6) is 0.381. The molecule has 7 heteroatoms. The predicted molar refractivity (Wildman–Crippen MR) is 108 cm³/mol. The summed E-state index contributed by atoms with van der Waals surface area (Å²) in [6.45, 7) is 9.83. The number of likely N-dealkylation sites (tertiary alicyclic amines) is 1. The topological polar surface area (TPSA) is 38.8 Å². The molecule has 0 saturated carbocycles. The van der Waals surface area contributed by atoms with Gasteiger partial charge in [-0.1, -0.05) is 0 Å².